The number of rotatable bonds is 3. The van der Waals surface area contributed by atoms with Gasteiger partial charge < -0.3 is 16.0 Å². The number of anilines is 1. The van der Waals surface area contributed by atoms with E-state index in [1.807, 2.05) is 0 Å². The van der Waals surface area contributed by atoms with E-state index in [0.717, 1.165) is 12.8 Å². The number of halogens is 1. The largest absolute Gasteiger partial charge is 0.343 e. The molecule has 0 aromatic heterocycles. The minimum absolute atomic E-state index is 0.165. The summed E-state index contributed by atoms with van der Waals surface area (Å²) in [5.74, 6) is -0.739. The molecule has 0 spiro atoms. The van der Waals surface area contributed by atoms with Crippen LogP contribution in [0.15, 0.2) is 24.3 Å². The monoisotopic (exact) mass is 305 g/mol. The van der Waals surface area contributed by atoms with E-state index in [0.29, 0.717) is 31.5 Å². The lowest BCUT2D eigenvalue weighted by atomic mass is 9.97. The topological polar surface area (TPSA) is 75.4 Å². The van der Waals surface area contributed by atoms with Crippen molar-refractivity contribution in [3.8, 4) is 0 Å². The van der Waals surface area contributed by atoms with E-state index in [2.05, 4.69) is 5.32 Å². The van der Waals surface area contributed by atoms with E-state index in [9.17, 15) is 14.0 Å². The third-order valence-corrected chi connectivity index (χ3v) is 4.60. The standard InChI is InChI=1S/C16H20FN3O2/c17-11-3-5-12(6-4-11)20-10-7-13(14(20)21)19-15(22)16(18)8-1-2-9-16/h3-6,13H,1-2,7-10,18H2,(H,19,22). The molecule has 3 N–H and O–H groups in total. The Labute approximate surface area is 128 Å². The molecule has 1 aliphatic heterocycles. The van der Waals surface area contributed by atoms with E-state index in [1.165, 1.54) is 12.1 Å². The van der Waals surface area contributed by atoms with Crippen LogP contribution in [0.4, 0.5) is 10.1 Å². The Morgan fingerprint density at radius 3 is 2.55 bits per heavy atom. The summed E-state index contributed by atoms with van der Waals surface area (Å²) in [5, 5.41) is 2.79. The van der Waals surface area contributed by atoms with E-state index in [1.54, 1.807) is 17.0 Å². The Kier molecular flexibility index (Phi) is 3.87. The average molecular weight is 305 g/mol. The minimum Gasteiger partial charge on any atom is -0.343 e. The molecule has 2 amide bonds. The predicted octanol–water partition coefficient (Wildman–Crippen LogP) is 1.32. The number of carbonyl (C=O) groups excluding carboxylic acids is 2. The van der Waals surface area contributed by atoms with Crippen molar-refractivity contribution >= 4 is 17.5 Å². The molecule has 1 saturated carbocycles. The maximum absolute atomic E-state index is 13.0. The second-order valence-corrected chi connectivity index (χ2v) is 6.14. The molecule has 118 valence electrons. The summed E-state index contributed by atoms with van der Waals surface area (Å²) in [6, 6.07) is 5.24. The van der Waals surface area contributed by atoms with E-state index >= 15 is 0 Å². The highest BCUT2D eigenvalue weighted by atomic mass is 19.1. The van der Waals surface area contributed by atoms with Crippen LogP contribution in [-0.2, 0) is 9.59 Å². The van der Waals surface area contributed by atoms with Gasteiger partial charge in [0.05, 0.1) is 5.54 Å². The number of amides is 2. The third-order valence-electron chi connectivity index (χ3n) is 4.60. The molecule has 1 unspecified atom stereocenters. The van der Waals surface area contributed by atoms with Crippen molar-refractivity contribution in [2.75, 3.05) is 11.4 Å². The summed E-state index contributed by atoms with van der Waals surface area (Å²) in [5.41, 5.74) is 5.93. The van der Waals surface area contributed by atoms with Crippen molar-refractivity contribution in [3.05, 3.63) is 30.1 Å². The van der Waals surface area contributed by atoms with Gasteiger partial charge in [0.25, 0.3) is 0 Å². The van der Waals surface area contributed by atoms with Gasteiger partial charge in [0.1, 0.15) is 11.9 Å². The van der Waals surface area contributed by atoms with Crippen molar-refractivity contribution < 1.29 is 14.0 Å². The second kappa shape index (κ2) is 5.68. The Morgan fingerprint density at radius 2 is 1.91 bits per heavy atom. The molecular formula is C16H20FN3O2. The van der Waals surface area contributed by atoms with Crippen LogP contribution in [-0.4, -0.2) is 29.9 Å². The number of nitrogens with zero attached hydrogens (tertiary/aromatic N) is 1. The van der Waals surface area contributed by atoms with Gasteiger partial charge in [0.2, 0.25) is 11.8 Å². The van der Waals surface area contributed by atoms with Gasteiger partial charge in [-0.15, -0.1) is 0 Å². The number of hydrogen-bond donors (Lipinski definition) is 2. The molecule has 1 saturated heterocycles. The molecule has 5 nitrogen and oxygen atoms in total. The van der Waals surface area contributed by atoms with E-state index in [4.69, 9.17) is 5.73 Å². The first-order valence-corrected chi connectivity index (χ1v) is 7.66. The molecule has 0 radical (unpaired) electrons. The molecule has 1 aromatic carbocycles. The summed E-state index contributed by atoms with van der Waals surface area (Å²) >= 11 is 0. The summed E-state index contributed by atoms with van der Waals surface area (Å²) in [6.07, 6.45) is 3.77. The van der Waals surface area contributed by atoms with Crippen LogP contribution in [0.3, 0.4) is 0 Å². The Bertz CT molecular complexity index is 582. The Balaban J connectivity index is 1.66. The molecule has 1 atom stereocenters. The van der Waals surface area contributed by atoms with Crippen molar-refractivity contribution in [2.24, 2.45) is 5.73 Å². The van der Waals surface area contributed by atoms with Crippen molar-refractivity contribution in [1.82, 2.24) is 5.32 Å². The zero-order chi connectivity index (χ0) is 15.7. The van der Waals surface area contributed by atoms with E-state index < -0.39 is 11.6 Å². The highest BCUT2D eigenvalue weighted by Gasteiger charge is 2.41. The lowest BCUT2D eigenvalue weighted by Gasteiger charge is -2.24. The number of nitrogens with one attached hydrogen (secondary N) is 1. The summed E-state index contributed by atoms with van der Waals surface area (Å²) in [7, 11) is 0. The lowest BCUT2D eigenvalue weighted by Crippen LogP contribution is -2.55. The average Bonchev–Trinajstić information content (AvgIpc) is 3.09. The van der Waals surface area contributed by atoms with Crippen LogP contribution in [0, 0.1) is 5.82 Å². The fourth-order valence-corrected chi connectivity index (χ4v) is 3.23. The molecule has 1 heterocycles. The van der Waals surface area contributed by atoms with Gasteiger partial charge in [-0.25, -0.2) is 4.39 Å². The molecular weight excluding hydrogens is 285 g/mol. The molecule has 2 aliphatic rings. The van der Waals surface area contributed by atoms with Crippen LogP contribution in [0.1, 0.15) is 32.1 Å². The molecule has 1 aromatic rings. The fourth-order valence-electron chi connectivity index (χ4n) is 3.23. The minimum atomic E-state index is -0.830. The normalized spacial score (nSPS) is 23.8. The second-order valence-electron chi connectivity index (χ2n) is 6.14. The summed E-state index contributed by atoms with van der Waals surface area (Å²) in [4.78, 5) is 26.3. The van der Waals surface area contributed by atoms with Gasteiger partial charge in [-0.05, 0) is 43.5 Å². The molecule has 3 rings (SSSR count). The lowest BCUT2D eigenvalue weighted by molar-refractivity contribution is -0.130. The van der Waals surface area contributed by atoms with Crippen molar-refractivity contribution in [2.45, 2.75) is 43.7 Å². The van der Waals surface area contributed by atoms with Gasteiger partial charge in [0, 0.05) is 12.2 Å². The summed E-state index contributed by atoms with van der Waals surface area (Å²) < 4.78 is 13.0. The van der Waals surface area contributed by atoms with Crippen LogP contribution in [0.2, 0.25) is 0 Å². The Hall–Kier alpha value is -1.95. The number of hydrogen-bond acceptors (Lipinski definition) is 3. The SMILES string of the molecule is NC1(C(=O)NC2CCN(c3ccc(F)cc3)C2=O)CCCC1. The van der Waals surface area contributed by atoms with Gasteiger partial charge in [-0.3, -0.25) is 9.59 Å². The molecule has 22 heavy (non-hydrogen) atoms. The molecule has 1 aliphatic carbocycles. The van der Waals surface area contributed by atoms with Gasteiger partial charge >= 0.3 is 0 Å². The summed E-state index contributed by atoms with van der Waals surface area (Å²) in [6.45, 7) is 0.507. The van der Waals surface area contributed by atoms with E-state index in [-0.39, 0.29) is 17.6 Å². The molecule has 2 fully saturated rings. The van der Waals surface area contributed by atoms with Gasteiger partial charge in [-0.2, -0.15) is 0 Å². The fraction of sp³-hybridized carbons (Fsp3) is 0.500. The first-order valence-electron chi connectivity index (χ1n) is 7.66. The maximum Gasteiger partial charge on any atom is 0.249 e. The predicted molar refractivity (Wildman–Crippen MR) is 80.7 cm³/mol. The smallest absolute Gasteiger partial charge is 0.249 e. The van der Waals surface area contributed by atoms with Crippen molar-refractivity contribution in [3.63, 3.8) is 0 Å². The van der Waals surface area contributed by atoms with Gasteiger partial charge in [-0.1, -0.05) is 12.8 Å². The van der Waals surface area contributed by atoms with Crippen LogP contribution in [0.5, 0.6) is 0 Å². The van der Waals surface area contributed by atoms with Crippen molar-refractivity contribution in [1.29, 1.82) is 0 Å². The zero-order valence-electron chi connectivity index (χ0n) is 12.3. The highest BCUT2D eigenvalue weighted by molar-refractivity contribution is 6.02. The third kappa shape index (κ3) is 2.70. The Morgan fingerprint density at radius 1 is 1.27 bits per heavy atom. The van der Waals surface area contributed by atoms with Crippen LogP contribution >= 0.6 is 0 Å². The zero-order valence-corrected chi connectivity index (χ0v) is 12.3. The maximum atomic E-state index is 13.0. The molecule has 0 bridgehead atoms. The number of benzene rings is 1. The first-order chi connectivity index (χ1) is 10.5. The molecule has 6 heteroatoms. The van der Waals surface area contributed by atoms with Gasteiger partial charge in [0.15, 0.2) is 0 Å². The first kappa shape index (κ1) is 15.0. The number of carbonyl (C=O) groups is 2. The van der Waals surface area contributed by atoms with Crippen LogP contribution in [0.25, 0.3) is 0 Å². The van der Waals surface area contributed by atoms with Crippen LogP contribution < -0.4 is 16.0 Å². The highest BCUT2D eigenvalue weighted by Crippen LogP contribution is 2.28. The quantitative estimate of drug-likeness (QED) is 0.884. The number of nitrogens with two attached hydrogens (primary N) is 1.